The number of anilines is 2. The maximum Gasteiger partial charge on any atom is 0.358 e. The van der Waals surface area contributed by atoms with Crippen LogP contribution in [0.3, 0.4) is 0 Å². The lowest BCUT2D eigenvalue weighted by Gasteiger charge is -2.00. The fraction of sp³-hybridized carbons (Fsp3) is 0.312. The zero-order valence-corrected chi connectivity index (χ0v) is 14.6. The number of rotatable bonds is 7. The van der Waals surface area contributed by atoms with Gasteiger partial charge in [0.25, 0.3) is 5.89 Å². The first kappa shape index (κ1) is 17.0. The molecule has 9 heteroatoms. The normalized spacial score (nSPS) is 10.8. The standard InChI is InChI=1S/C16H17N5O3S/c1-10(2)7-13-19-14(24-21-13)8-23-15(22)11-9-25-16(18-11)20-12-5-3-4-6-17-12/h3-6,9-10H,7-8H2,1-2H3,(H,17,18,20). The number of pyridine rings is 1. The Labute approximate surface area is 148 Å². The molecule has 0 radical (unpaired) electrons. The van der Waals surface area contributed by atoms with E-state index in [2.05, 4.69) is 39.3 Å². The van der Waals surface area contributed by atoms with Gasteiger partial charge in [-0.25, -0.2) is 14.8 Å². The third kappa shape index (κ3) is 4.83. The van der Waals surface area contributed by atoms with Crippen LogP contribution in [0.2, 0.25) is 0 Å². The van der Waals surface area contributed by atoms with Crippen LogP contribution in [0, 0.1) is 5.92 Å². The number of nitrogens with zero attached hydrogens (tertiary/aromatic N) is 4. The van der Waals surface area contributed by atoms with E-state index in [1.54, 1.807) is 11.6 Å². The molecular weight excluding hydrogens is 342 g/mol. The van der Waals surface area contributed by atoms with Gasteiger partial charge in [-0.2, -0.15) is 4.98 Å². The number of aromatic nitrogens is 4. The van der Waals surface area contributed by atoms with Gasteiger partial charge in [0.15, 0.2) is 23.3 Å². The zero-order valence-electron chi connectivity index (χ0n) is 13.8. The third-order valence-corrected chi connectivity index (χ3v) is 3.80. The molecule has 1 N–H and O–H groups in total. The van der Waals surface area contributed by atoms with Gasteiger partial charge in [0.2, 0.25) is 0 Å². The monoisotopic (exact) mass is 359 g/mol. The molecule has 0 aliphatic heterocycles. The molecule has 3 aromatic rings. The SMILES string of the molecule is CC(C)Cc1noc(COC(=O)c2csc(Nc3ccccn3)n2)n1. The van der Waals surface area contributed by atoms with Crippen LogP contribution in [-0.4, -0.2) is 26.1 Å². The van der Waals surface area contributed by atoms with Crippen molar-refractivity contribution in [3.63, 3.8) is 0 Å². The van der Waals surface area contributed by atoms with Gasteiger partial charge in [0.05, 0.1) is 0 Å². The zero-order chi connectivity index (χ0) is 17.6. The molecule has 130 valence electrons. The predicted octanol–water partition coefficient (Wildman–Crippen LogP) is 3.22. The van der Waals surface area contributed by atoms with Crippen molar-refractivity contribution in [3.8, 4) is 0 Å². The van der Waals surface area contributed by atoms with Gasteiger partial charge in [-0.15, -0.1) is 11.3 Å². The highest BCUT2D eigenvalue weighted by atomic mass is 32.1. The minimum atomic E-state index is -0.547. The van der Waals surface area contributed by atoms with E-state index in [0.29, 0.717) is 29.1 Å². The summed E-state index contributed by atoms with van der Waals surface area (Å²) < 4.78 is 10.2. The fourth-order valence-corrected chi connectivity index (χ4v) is 2.66. The maximum atomic E-state index is 12.1. The molecule has 0 unspecified atom stereocenters. The fourth-order valence-electron chi connectivity index (χ4n) is 1.97. The summed E-state index contributed by atoms with van der Waals surface area (Å²) in [4.78, 5) is 24.6. The topological polar surface area (TPSA) is 103 Å². The minimum absolute atomic E-state index is 0.0789. The number of hydrogen-bond donors (Lipinski definition) is 1. The summed E-state index contributed by atoms with van der Waals surface area (Å²) in [5.74, 6) is 1.41. The second kappa shape index (κ2) is 7.84. The molecule has 0 fully saturated rings. The summed E-state index contributed by atoms with van der Waals surface area (Å²) in [6, 6.07) is 5.49. The molecule has 0 aliphatic rings. The number of nitrogens with one attached hydrogen (secondary N) is 1. The smallest absolute Gasteiger partial charge is 0.358 e. The summed E-state index contributed by atoms with van der Waals surface area (Å²) >= 11 is 1.29. The summed E-state index contributed by atoms with van der Waals surface area (Å²) in [6.45, 7) is 4.05. The molecule has 0 bridgehead atoms. The molecule has 0 aromatic carbocycles. The molecule has 3 aromatic heterocycles. The molecule has 0 aliphatic carbocycles. The number of hydrogen-bond acceptors (Lipinski definition) is 9. The van der Waals surface area contributed by atoms with Crippen molar-refractivity contribution in [3.05, 3.63) is 47.2 Å². The molecular formula is C16H17N5O3S. The molecule has 0 atom stereocenters. The Morgan fingerprint density at radius 1 is 1.36 bits per heavy atom. The van der Waals surface area contributed by atoms with Crippen LogP contribution in [0.5, 0.6) is 0 Å². The van der Waals surface area contributed by atoms with Crippen LogP contribution in [0.25, 0.3) is 0 Å². The second-order valence-electron chi connectivity index (χ2n) is 5.66. The lowest BCUT2D eigenvalue weighted by molar-refractivity contribution is 0.0424. The van der Waals surface area contributed by atoms with Gasteiger partial charge in [0.1, 0.15) is 5.82 Å². The van der Waals surface area contributed by atoms with Crippen molar-refractivity contribution in [1.29, 1.82) is 0 Å². The molecule has 0 saturated heterocycles. The Morgan fingerprint density at radius 3 is 3.00 bits per heavy atom. The quantitative estimate of drug-likeness (QED) is 0.641. The number of carbonyl (C=O) groups excluding carboxylic acids is 1. The number of esters is 1. The summed E-state index contributed by atoms with van der Waals surface area (Å²) in [7, 11) is 0. The van der Waals surface area contributed by atoms with E-state index in [1.807, 2.05) is 18.2 Å². The van der Waals surface area contributed by atoms with Gasteiger partial charge in [-0.05, 0) is 18.1 Å². The van der Waals surface area contributed by atoms with E-state index in [1.165, 1.54) is 11.3 Å². The Morgan fingerprint density at radius 2 is 2.24 bits per heavy atom. The summed E-state index contributed by atoms with van der Waals surface area (Å²) in [6.07, 6.45) is 2.38. The predicted molar refractivity (Wildman–Crippen MR) is 91.6 cm³/mol. The van der Waals surface area contributed by atoms with Crippen LogP contribution in [0.4, 0.5) is 10.9 Å². The highest BCUT2D eigenvalue weighted by Crippen LogP contribution is 2.20. The Kier molecular flexibility index (Phi) is 5.34. The third-order valence-electron chi connectivity index (χ3n) is 3.04. The number of thiazole rings is 1. The Balaban J connectivity index is 1.54. The molecule has 25 heavy (non-hydrogen) atoms. The maximum absolute atomic E-state index is 12.1. The van der Waals surface area contributed by atoms with E-state index in [-0.39, 0.29) is 18.2 Å². The lowest BCUT2D eigenvalue weighted by atomic mass is 10.1. The van der Waals surface area contributed by atoms with Gasteiger partial charge in [-0.3, -0.25) is 0 Å². The van der Waals surface area contributed by atoms with Crippen LogP contribution >= 0.6 is 11.3 Å². The van der Waals surface area contributed by atoms with Crippen molar-refractivity contribution in [2.24, 2.45) is 5.92 Å². The first-order chi connectivity index (χ1) is 12.1. The van der Waals surface area contributed by atoms with Crippen molar-refractivity contribution in [1.82, 2.24) is 20.1 Å². The Hall–Kier alpha value is -2.81. The van der Waals surface area contributed by atoms with Gasteiger partial charge in [0, 0.05) is 18.0 Å². The van der Waals surface area contributed by atoms with Gasteiger partial charge < -0.3 is 14.6 Å². The minimum Gasteiger partial charge on any atom is -0.451 e. The van der Waals surface area contributed by atoms with Crippen molar-refractivity contribution in [2.75, 3.05) is 5.32 Å². The first-order valence-electron chi connectivity index (χ1n) is 7.72. The van der Waals surface area contributed by atoms with Crippen LogP contribution in [-0.2, 0) is 17.8 Å². The average Bonchev–Trinajstić information content (AvgIpc) is 3.23. The molecule has 0 amide bonds. The largest absolute Gasteiger partial charge is 0.451 e. The van der Waals surface area contributed by atoms with E-state index >= 15 is 0 Å². The summed E-state index contributed by atoms with van der Waals surface area (Å²) in [5, 5.41) is 9.05. The first-order valence-corrected chi connectivity index (χ1v) is 8.60. The van der Waals surface area contributed by atoms with E-state index in [4.69, 9.17) is 9.26 Å². The molecule has 0 saturated carbocycles. The average molecular weight is 359 g/mol. The second-order valence-corrected chi connectivity index (χ2v) is 6.51. The van der Waals surface area contributed by atoms with Crippen molar-refractivity contribution in [2.45, 2.75) is 26.9 Å². The lowest BCUT2D eigenvalue weighted by Crippen LogP contribution is -2.06. The summed E-state index contributed by atoms with van der Waals surface area (Å²) in [5.41, 5.74) is 0.213. The van der Waals surface area contributed by atoms with E-state index < -0.39 is 5.97 Å². The van der Waals surface area contributed by atoms with E-state index in [0.717, 1.165) is 0 Å². The highest BCUT2D eigenvalue weighted by molar-refractivity contribution is 7.14. The number of carbonyl (C=O) groups is 1. The molecule has 3 rings (SSSR count). The number of ether oxygens (including phenoxy) is 1. The van der Waals surface area contributed by atoms with Crippen LogP contribution < -0.4 is 5.32 Å². The Bertz CT molecular complexity index is 831. The molecule has 8 nitrogen and oxygen atoms in total. The van der Waals surface area contributed by atoms with Crippen LogP contribution in [0.1, 0.15) is 36.1 Å². The van der Waals surface area contributed by atoms with Crippen molar-refractivity contribution >= 4 is 28.3 Å². The van der Waals surface area contributed by atoms with Gasteiger partial charge >= 0.3 is 5.97 Å². The van der Waals surface area contributed by atoms with Crippen LogP contribution in [0.15, 0.2) is 34.3 Å². The highest BCUT2D eigenvalue weighted by Gasteiger charge is 2.15. The molecule has 0 spiro atoms. The molecule has 3 heterocycles. The van der Waals surface area contributed by atoms with Crippen molar-refractivity contribution < 1.29 is 14.1 Å². The van der Waals surface area contributed by atoms with E-state index in [9.17, 15) is 4.79 Å². The van der Waals surface area contributed by atoms with Gasteiger partial charge in [-0.1, -0.05) is 25.1 Å².